The van der Waals surface area contributed by atoms with Gasteiger partial charge in [-0.15, -0.1) is 11.8 Å². The number of rotatable bonds is 4. The van der Waals surface area contributed by atoms with Crippen LogP contribution in [-0.4, -0.2) is 36.8 Å². The zero-order valence-corrected chi connectivity index (χ0v) is 16.8. The molecule has 2 nitrogen and oxygen atoms in total. The first-order valence-corrected chi connectivity index (χ1v) is 9.39. The van der Waals surface area contributed by atoms with Gasteiger partial charge in [-0.2, -0.15) is 13.2 Å². The van der Waals surface area contributed by atoms with Crippen LogP contribution in [0.2, 0.25) is 15.1 Å². The van der Waals surface area contributed by atoms with Gasteiger partial charge in [-0.1, -0.05) is 34.8 Å². The molecule has 140 valence electrons. The lowest BCUT2D eigenvalue weighted by Crippen LogP contribution is -2.22. The molecule has 0 atom stereocenters. The van der Waals surface area contributed by atoms with E-state index in [-0.39, 0.29) is 14.9 Å². The lowest BCUT2D eigenvalue weighted by atomic mass is 10.2. The number of alkyl halides is 3. The molecule has 0 aliphatic rings. The molecular formula is C17H14Cl3F3N2S. The normalized spacial score (nSPS) is 12.4. The van der Waals surface area contributed by atoms with E-state index in [1.54, 1.807) is 43.3 Å². The highest BCUT2D eigenvalue weighted by Gasteiger charge is 2.28. The SMILES string of the molecule is CN(C)C(=Nc1cc(SCC(F)(F)F)c(Cl)cc1Cl)c1ccc(Cl)cc1. The molecule has 0 aromatic heterocycles. The van der Waals surface area contributed by atoms with Crippen molar-refractivity contribution in [2.24, 2.45) is 4.99 Å². The number of hydrogen-bond donors (Lipinski definition) is 0. The molecule has 2 aromatic carbocycles. The fourth-order valence-electron chi connectivity index (χ4n) is 2.01. The van der Waals surface area contributed by atoms with Crippen LogP contribution in [-0.2, 0) is 0 Å². The quantitative estimate of drug-likeness (QED) is 0.290. The molecular weight excluding hydrogens is 428 g/mol. The van der Waals surface area contributed by atoms with Crippen LogP contribution >= 0.6 is 46.6 Å². The van der Waals surface area contributed by atoms with E-state index in [9.17, 15) is 13.2 Å². The first-order chi connectivity index (χ1) is 12.1. The molecule has 0 aliphatic heterocycles. The second-order valence-corrected chi connectivity index (χ2v) is 7.74. The second kappa shape index (κ2) is 8.74. The highest BCUT2D eigenvalue weighted by molar-refractivity contribution is 7.99. The molecule has 0 spiro atoms. The maximum Gasteiger partial charge on any atom is 0.398 e. The molecule has 0 saturated carbocycles. The van der Waals surface area contributed by atoms with Crippen LogP contribution in [0.25, 0.3) is 0 Å². The third-order valence-corrected chi connectivity index (χ3v) is 5.24. The average molecular weight is 442 g/mol. The zero-order chi connectivity index (χ0) is 19.5. The number of thioether (sulfide) groups is 1. The summed E-state index contributed by atoms with van der Waals surface area (Å²) < 4.78 is 37.5. The Hall–Kier alpha value is -1.08. The summed E-state index contributed by atoms with van der Waals surface area (Å²) in [5.41, 5.74) is 1.12. The molecule has 0 saturated heterocycles. The van der Waals surface area contributed by atoms with Gasteiger partial charge in [0, 0.05) is 29.6 Å². The fourth-order valence-corrected chi connectivity index (χ4v) is 3.44. The van der Waals surface area contributed by atoms with Gasteiger partial charge >= 0.3 is 6.18 Å². The van der Waals surface area contributed by atoms with Crippen molar-refractivity contribution in [3.63, 3.8) is 0 Å². The van der Waals surface area contributed by atoms with E-state index >= 15 is 0 Å². The number of nitrogens with zero attached hydrogens (tertiary/aromatic N) is 2. The first kappa shape index (κ1) is 21.2. The summed E-state index contributed by atoms with van der Waals surface area (Å²) in [6.45, 7) is 0. The van der Waals surface area contributed by atoms with E-state index in [2.05, 4.69) is 4.99 Å². The van der Waals surface area contributed by atoms with Crippen molar-refractivity contribution in [1.29, 1.82) is 0 Å². The monoisotopic (exact) mass is 440 g/mol. The average Bonchev–Trinajstić information content (AvgIpc) is 2.53. The van der Waals surface area contributed by atoms with Crippen LogP contribution in [0, 0.1) is 0 Å². The summed E-state index contributed by atoms with van der Waals surface area (Å²) in [6, 6.07) is 9.90. The number of halogens is 6. The summed E-state index contributed by atoms with van der Waals surface area (Å²) in [6.07, 6.45) is -4.30. The molecule has 9 heteroatoms. The van der Waals surface area contributed by atoms with Crippen molar-refractivity contribution in [1.82, 2.24) is 4.90 Å². The molecule has 0 fully saturated rings. The Bertz CT molecular complexity index is 806. The van der Waals surface area contributed by atoms with Gasteiger partial charge in [-0.3, -0.25) is 0 Å². The lowest BCUT2D eigenvalue weighted by Gasteiger charge is -2.17. The van der Waals surface area contributed by atoms with Crippen LogP contribution in [0.4, 0.5) is 18.9 Å². The summed E-state index contributed by atoms with van der Waals surface area (Å²) in [5.74, 6) is -0.465. The molecule has 0 N–H and O–H groups in total. The predicted molar refractivity (Wildman–Crippen MR) is 105 cm³/mol. The third-order valence-electron chi connectivity index (χ3n) is 3.15. The highest BCUT2D eigenvalue weighted by Crippen LogP contribution is 2.38. The number of benzene rings is 2. The van der Waals surface area contributed by atoms with Crippen molar-refractivity contribution in [3.8, 4) is 0 Å². The van der Waals surface area contributed by atoms with Crippen molar-refractivity contribution in [3.05, 3.63) is 57.0 Å². The molecule has 0 aliphatic carbocycles. The Balaban J connectivity index is 2.44. The van der Waals surface area contributed by atoms with Crippen LogP contribution in [0.3, 0.4) is 0 Å². The third kappa shape index (κ3) is 5.98. The summed E-state index contributed by atoms with van der Waals surface area (Å²) in [4.78, 5) is 6.56. The largest absolute Gasteiger partial charge is 0.398 e. The van der Waals surface area contributed by atoms with Gasteiger partial charge in [-0.25, -0.2) is 4.99 Å². The minimum Gasteiger partial charge on any atom is -0.362 e. The van der Waals surface area contributed by atoms with E-state index in [1.807, 2.05) is 0 Å². The van der Waals surface area contributed by atoms with Gasteiger partial charge in [0.1, 0.15) is 5.84 Å². The van der Waals surface area contributed by atoms with E-state index in [1.165, 1.54) is 12.1 Å². The number of hydrogen-bond acceptors (Lipinski definition) is 2. The molecule has 0 heterocycles. The molecule has 2 aromatic rings. The number of aliphatic imine (C=N–C) groups is 1. The maximum absolute atomic E-state index is 12.5. The Morgan fingerprint density at radius 2 is 1.65 bits per heavy atom. The Kier molecular flexibility index (Phi) is 7.13. The second-order valence-electron chi connectivity index (χ2n) is 5.47. The molecule has 0 amide bonds. The minimum absolute atomic E-state index is 0.154. The Morgan fingerprint density at radius 1 is 1.04 bits per heavy atom. The van der Waals surface area contributed by atoms with E-state index in [4.69, 9.17) is 34.8 Å². The van der Waals surface area contributed by atoms with Gasteiger partial charge in [-0.05, 0) is 36.4 Å². The van der Waals surface area contributed by atoms with Crippen LogP contribution in [0.15, 0.2) is 46.3 Å². The first-order valence-electron chi connectivity index (χ1n) is 7.27. The van der Waals surface area contributed by atoms with Gasteiger partial charge < -0.3 is 4.90 Å². The standard InChI is InChI=1S/C17H14Cl3F3N2S/c1-25(2)16(10-3-5-11(18)6-4-10)24-14-8-15(13(20)7-12(14)19)26-9-17(21,22)23/h3-8H,9H2,1-2H3. The minimum atomic E-state index is -4.30. The summed E-state index contributed by atoms with van der Waals surface area (Å²) >= 11 is 18.7. The van der Waals surface area contributed by atoms with E-state index < -0.39 is 11.9 Å². The van der Waals surface area contributed by atoms with E-state index in [0.29, 0.717) is 28.3 Å². The fraction of sp³-hybridized carbons (Fsp3) is 0.235. The van der Waals surface area contributed by atoms with Gasteiger partial charge in [0.15, 0.2) is 0 Å². The Morgan fingerprint density at radius 3 is 2.19 bits per heavy atom. The van der Waals surface area contributed by atoms with Gasteiger partial charge in [0.2, 0.25) is 0 Å². The lowest BCUT2D eigenvalue weighted by molar-refractivity contribution is -0.105. The van der Waals surface area contributed by atoms with E-state index in [0.717, 1.165) is 5.56 Å². The summed E-state index contributed by atoms with van der Waals surface area (Å²) in [5, 5.41) is 0.989. The zero-order valence-electron chi connectivity index (χ0n) is 13.7. The van der Waals surface area contributed by atoms with Crippen LogP contribution in [0.1, 0.15) is 5.56 Å². The smallest absolute Gasteiger partial charge is 0.362 e. The molecule has 0 radical (unpaired) electrons. The summed E-state index contributed by atoms with van der Waals surface area (Å²) in [7, 11) is 3.60. The van der Waals surface area contributed by atoms with Crippen LogP contribution < -0.4 is 0 Å². The highest BCUT2D eigenvalue weighted by atomic mass is 35.5. The Labute approximate surface area is 168 Å². The molecule has 26 heavy (non-hydrogen) atoms. The molecule has 0 bridgehead atoms. The number of amidine groups is 1. The predicted octanol–water partition coefficient (Wildman–Crippen LogP) is 6.94. The van der Waals surface area contributed by atoms with Crippen molar-refractivity contribution in [2.75, 3.05) is 19.8 Å². The maximum atomic E-state index is 12.5. The van der Waals surface area contributed by atoms with Crippen molar-refractivity contribution >= 4 is 58.1 Å². The topological polar surface area (TPSA) is 15.6 Å². The van der Waals surface area contributed by atoms with Gasteiger partial charge in [0.05, 0.1) is 21.5 Å². The van der Waals surface area contributed by atoms with Gasteiger partial charge in [0.25, 0.3) is 0 Å². The van der Waals surface area contributed by atoms with Crippen molar-refractivity contribution in [2.45, 2.75) is 11.1 Å². The van der Waals surface area contributed by atoms with Crippen LogP contribution in [0.5, 0.6) is 0 Å². The molecule has 0 unspecified atom stereocenters. The van der Waals surface area contributed by atoms with Crippen molar-refractivity contribution < 1.29 is 13.2 Å². The molecule has 2 rings (SSSR count).